The molecule has 100 valence electrons. The Bertz CT molecular complexity index is 410. The van der Waals surface area contributed by atoms with Crippen LogP contribution in [-0.2, 0) is 4.79 Å². The highest BCUT2D eigenvalue weighted by atomic mass is 35.5. The lowest BCUT2D eigenvalue weighted by atomic mass is 10.0. The van der Waals surface area contributed by atoms with Crippen LogP contribution in [0.15, 0.2) is 46.1 Å². The van der Waals surface area contributed by atoms with Gasteiger partial charge in [0.25, 0.3) is 0 Å². The average molecular weight is 268 g/mol. The largest absolute Gasteiger partial charge is 0.366 e. The normalized spacial score (nSPS) is 14.9. The summed E-state index contributed by atoms with van der Waals surface area (Å²) >= 11 is 5.81. The van der Waals surface area contributed by atoms with E-state index in [4.69, 9.17) is 17.3 Å². The van der Waals surface area contributed by atoms with Gasteiger partial charge >= 0.3 is 0 Å². The van der Waals surface area contributed by atoms with Gasteiger partial charge in [-0.1, -0.05) is 49.2 Å². The van der Waals surface area contributed by atoms with Crippen LogP contribution in [-0.4, -0.2) is 5.91 Å². The predicted molar refractivity (Wildman–Crippen MR) is 79.3 cm³/mol. The van der Waals surface area contributed by atoms with E-state index in [1.165, 1.54) is 5.57 Å². The van der Waals surface area contributed by atoms with Crippen molar-refractivity contribution in [2.75, 3.05) is 0 Å². The minimum atomic E-state index is -0.413. The van der Waals surface area contributed by atoms with Crippen molar-refractivity contribution in [1.29, 1.82) is 0 Å². The first-order valence-electron chi connectivity index (χ1n) is 6.13. The Morgan fingerprint density at radius 1 is 1.22 bits per heavy atom. The molecular weight excluding hydrogens is 246 g/mol. The molecule has 0 saturated carbocycles. The molecule has 18 heavy (non-hydrogen) atoms. The molecule has 0 heterocycles. The molecule has 0 aliphatic heterocycles. The third-order valence-electron chi connectivity index (χ3n) is 2.44. The lowest BCUT2D eigenvalue weighted by Crippen LogP contribution is -2.15. The van der Waals surface area contributed by atoms with E-state index in [9.17, 15) is 4.79 Å². The molecule has 0 aliphatic rings. The molecule has 2 N–H and O–H groups in total. The molecule has 0 radical (unpaired) electrons. The molecule has 0 aliphatic carbocycles. The maximum Gasteiger partial charge on any atom is 0.248 e. The fourth-order valence-corrected chi connectivity index (χ4v) is 1.42. The molecular formula is C15H22ClNO. The lowest BCUT2D eigenvalue weighted by molar-refractivity contribution is -0.114. The number of amides is 1. The lowest BCUT2D eigenvalue weighted by Gasteiger charge is -2.06. The van der Waals surface area contributed by atoms with Crippen molar-refractivity contribution in [3.8, 4) is 0 Å². The number of allylic oxidation sites excluding steroid dienone is 6. The molecule has 0 aromatic heterocycles. The van der Waals surface area contributed by atoms with Gasteiger partial charge in [-0.05, 0) is 38.3 Å². The summed E-state index contributed by atoms with van der Waals surface area (Å²) in [5.41, 5.74) is 7.95. The second-order valence-electron chi connectivity index (χ2n) is 4.11. The minimum Gasteiger partial charge on any atom is -0.366 e. The number of hydrogen-bond donors (Lipinski definition) is 1. The van der Waals surface area contributed by atoms with Crippen LogP contribution < -0.4 is 5.73 Å². The molecule has 0 spiro atoms. The second-order valence-corrected chi connectivity index (χ2v) is 4.71. The summed E-state index contributed by atoms with van der Waals surface area (Å²) in [5, 5.41) is 0.662. The standard InChI is InChI=1S/C15H22ClNO/c1-5-7-14(15(17)18)13(9-8-12(4)16)10-11(3)6-2/h7-10H,5-6H2,1-4H3,(H2,17,18)/b11-10+,12-8+,13-9+,14-7+. The topological polar surface area (TPSA) is 43.1 Å². The van der Waals surface area contributed by atoms with Gasteiger partial charge in [-0.15, -0.1) is 0 Å². The van der Waals surface area contributed by atoms with E-state index in [1.54, 1.807) is 13.0 Å². The smallest absolute Gasteiger partial charge is 0.248 e. The molecule has 0 aromatic carbocycles. The first-order chi connectivity index (χ1) is 8.42. The van der Waals surface area contributed by atoms with Crippen LogP contribution in [0.2, 0.25) is 0 Å². The van der Waals surface area contributed by atoms with E-state index < -0.39 is 5.91 Å². The van der Waals surface area contributed by atoms with Gasteiger partial charge in [0.1, 0.15) is 0 Å². The Kier molecular flexibility index (Phi) is 8.14. The van der Waals surface area contributed by atoms with E-state index in [0.29, 0.717) is 10.6 Å². The van der Waals surface area contributed by atoms with Gasteiger partial charge in [-0.25, -0.2) is 0 Å². The maximum atomic E-state index is 11.5. The van der Waals surface area contributed by atoms with E-state index in [0.717, 1.165) is 18.4 Å². The van der Waals surface area contributed by atoms with Crippen molar-refractivity contribution in [2.45, 2.75) is 40.5 Å². The highest BCUT2D eigenvalue weighted by Gasteiger charge is 2.08. The molecule has 0 aromatic rings. The zero-order valence-electron chi connectivity index (χ0n) is 11.6. The Morgan fingerprint density at radius 2 is 1.83 bits per heavy atom. The van der Waals surface area contributed by atoms with Crippen molar-refractivity contribution in [3.05, 3.63) is 46.1 Å². The Labute approximate surface area is 115 Å². The maximum absolute atomic E-state index is 11.5. The highest BCUT2D eigenvalue weighted by Crippen LogP contribution is 2.17. The highest BCUT2D eigenvalue weighted by molar-refractivity contribution is 6.29. The molecule has 1 amide bonds. The van der Waals surface area contributed by atoms with Crippen LogP contribution in [0.4, 0.5) is 0 Å². The van der Waals surface area contributed by atoms with E-state index in [2.05, 4.69) is 6.92 Å². The monoisotopic (exact) mass is 267 g/mol. The van der Waals surface area contributed by atoms with Gasteiger partial charge in [0, 0.05) is 10.6 Å². The molecule has 0 atom stereocenters. The van der Waals surface area contributed by atoms with E-state index >= 15 is 0 Å². The van der Waals surface area contributed by atoms with Gasteiger partial charge in [0.2, 0.25) is 5.91 Å². The number of rotatable bonds is 6. The van der Waals surface area contributed by atoms with Crippen LogP contribution >= 0.6 is 11.6 Å². The summed E-state index contributed by atoms with van der Waals surface area (Å²) in [6.45, 7) is 7.86. The van der Waals surface area contributed by atoms with Gasteiger partial charge in [-0.2, -0.15) is 0 Å². The number of nitrogens with two attached hydrogens (primary N) is 1. The van der Waals surface area contributed by atoms with E-state index in [1.807, 2.05) is 32.1 Å². The first kappa shape index (κ1) is 16.7. The number of carbonyl (C=O) groups is 1. The number of carbonyl (C=O) groups excluding carboxylic acids is 1. The zero-order chi connectivity index (χ0) is 14.1. The summed E-state index contributed by atoms with van der Waals surface area (Å²) < 4.78 is 0. The van der Waals surface area contributed by atoms with Gasteiger partial charge in [0.15, 0.2) is 0 Å². The summed E-state index contributed by atoms with van der Waals surface area (Å²) in [7, 11) is 0. The van der Waals surface area contributed by atoms with Crippen LogP contribution in [0.1, 0.15) is 40.5 Å². The second kappa shape index (κ2) is 8.76. The minimum absolute atomic E-state index is 0.413. The van der Waals surface area contributed by atoms with Crippen LogP contribution in [0.3, 0.4) is 0 Å². The van der Waals surface area contributed by atoms with Crippen LogP contribution in [0.5, 0.6) is 0 Å². The Hall–Kier alpha value is -1.28. The van der Waals surface area contributed by atoms with Crippen molar-refractivity contribution < 1.29 is 4.79 Å². The third kappa shape index (κ3) is 6.45. The quantitative estimate of drug-likeness (QED) is 0.568. The van der Waals surface area contributed by atoms with E-state index in [-0.39, 0.29) is 0 Å². The van der Waals surface area contributed by atoms with Crippen molar-refractivity contribution in [2.24, 2.45) is 5.73 Å². The summed E-state index contributed by atoms with van der Waals surface area (Å²) in [6, 6.07) is 0. The predicted octanol–water partition coefficient (Wildman–Crippen LogP) is 4.23. The van der Waals surface area contributed by atoms with Gasteiger partial charge in [0.05, 0.1) is 0 Å². The van der Waals surface area contributed by atoms with Crippen molar-refractivity contribution in [1.82, 2.24) is 0 Å². The summed E-state index contributed by atoms with van der Waals surface area (Å²) in [5.74, 6) is -0.413. The molecule has 2 nitrogen and oxygen atoms in total. The molecule has 0 saturated heterocycles. The summed E-state index contributed by atoms with van der Waals surface area (Å²) in [4.78, 5) is 11.5. The molecule has 3 heteroatoms. The molecule has 0 bridgehead atoms. The number of halogens is 1. The fraction of sp³-hybridized carbons (Fsp3) is 0.400. The Morgan fingerprint density at radius 3 is 2.22 bits per heavy atom. The fourth-order valence-electron chi connectivity index (χ4n) is 1.35. The SMILES string of the molecule is CC\C=C(C(N)=O)/C(/C=C(\C)CC)=C/C=C(\C)Cl. The molecule has 0 fully saturated rings. The zero-order valence-corrected chi connectivity index (χ0v) is 12.3. The molecule has 0 rings (SSSR count). The Balaban J connectivity index is 5.59. The average Bonchev–Trinajstić information content (AvgIpc) is 2.30. The van der Waals surface area contributed by atoms with Crippen LogP contribution in [0, 0.1) is 0 Å². The number of hydrogen-bond acceptors (Lipinski definition) is 1. The number of primary amides is 1. The van der Waals surface area contributed by atoms with Gasteiger partial charge in [-0.3, -0.25) is 4.79 Å². The third-order valence-corrected chi connectivity index (χ3v) is 2.56. The van der Waals surface area contributed by atoms with Crippen molar-refractivity contribution in [3.63, 3.8) is 0 Å². The molecule has 0 unspecified atom stereocenters. The van der Waals surface area contributed by atoms with Gasteiger partial charge < -0.3 is 5.73 Å². The van der Waals surface area contributed by atoms with Crippen LogP contribution in [0.25, 0.3) is 0 Å². The van der Waals surface area contributed by atoms with Crippen molar-refractivity contribution >= 4 is 17.5 Å². The first-order valence-corrected chi connectivity index (χ1v) is 6.51. The summed E-state index contributed by atoms with van der Waals surface area (Å²) in [6.07, 6.45) is 9.10.